The highest BCUT2D eigenvalue weighted by Crippen LogP contribution is 2.18. The van der Waals surface area contributed by atoms with Crippen molar-refractivity contribution >= 4 is 11.7 Å². The largest absolute Gasteiger partial charge is 0.491 e. The van der Waals surface area contributed by atoms with Crippen LogP contribution in [0.5, 0.6) is 5.75 Å². The van der Waals surface area contributed by atoms with Crippen LogP contribution >= 0.6 is 0 Å². The maximum Gasteiger partial charge on any atom is 0.307 e. The molecule has 0 saturated carbocycles. The standard InChI is InChI=1S/C14H21NO3/c1-10(2)18-13-7-5-12(6-8-13)15-11(3)9-14(16)17-4/h5-8,10-11,15H,9H2,1-4H3. The van der Waals surface area contributed by atoms with Gasteiger partial charge in [-0.2, -0.15) is 0 Å². The Bertz CT molecular complexity index is 373. The van der Waals surface area contributed by atoms with Gasteiger partial charge in [0.05, 0.1) is 19.6 Å². The Balaban J connectivity index is 2.50. The molecule has 100 valence electrons. The van der Waals surface area contributed by atoms with Gasteiger partial charge in [0, 0.05) is 11.7 Å². The number of methoxy groups -OCH3 is 1. The lowest BCUT2D eigenvalue weighted by Gasteiger charge is -2.15. The van der Waals surface area contributed by atoms with Crippen molar-refractivity contribution in [3.05, 3.63) is 24.3 Å². The third-order valence-corrected chi connectivity index (χ3v) is 2.34. The third kappa shape index (κ3) is 5.08. The van der Waals surface area contributed by atoms with E-state index < -0.39 is 0 Å². The zero-order valence-corrected chi connectivity index (χ0v) is 11.4. The summed E-state index contributed by atoms with van der Waals surface area (Å²) in [5.74, 6) is 0.630. The molecule has 1 rings (SSSR count). The highest BCUT2D eigenvalue weighted by atomic mass is 16.5. The van der Waals surface area contributed by atoms with E-state index in [0.717, 1.165) is 11.4 Å². The molecule has 4 nitrogen and oxygen atoms in total. The fraction of sp³-hybridized carbons (Fsp3) is 0.500. The summed E-state index contributed by atoms with van der Waals surface area (Å²) < 4.78 is 10.2. The molecule has 1 aromatic carbocycles. The number of rotatable bonds is 6. The monoisotopic (exact) mass is 251 g/mol. The second-order valence-corrected chi connectivity index (χ2v) is 4.52. The smallest absolute Gasteiger partial charge is 0.307 e. The first-order valence-electron chi connectivity index (χ1n) is 6.11. The molecule has 0 aromatic heterocycles. The first-order chi connectivity index (χ1) is 8.51. The molecule has 1 N–H and O–H groups in total. The first-order valence-corrected chi connectivity index (χ1v) is 6.11. The van der Waals surface area contributed by atoms with Gasteiger partial charge in [0.25, 0.3) is 0 Å². The molecule has 18 heavy (non-hydrogen) atoms. The average Bonchev–Trinajstić information content (AvgIpc) is 2.30. The number of anilines is 1. The summed E-state index contributed by atoms with van der Waals surface area (Å²) >= 11 is 0. The third-order valence-electron chi connectivity index (χ3n) is 2.34. The van der Waals surface area contributed by atoms with Crippen LogP contribution in [0.4, 0.5) is 5.69 Å². The molecule has 0 aliphatic heterocycles. The minimum Gasteiger partial charge on any atom is -0.491 e. The van der Waals surface area contributed by atoms with Crippen molar-refractivity contribution in [2.24, 2.45) is 0 Å². The Kier molecular flexibility index (Phi) is 5.49. The molecule has 0 aliphatic carbocycles. The van der Waals surface area contributed by atoms with E-state index in [1.165, 1.54) is 7.11 Å². The van der Waals surface area contributed by atoms with Crippen molar-refractivity contribution in [3.8, 4) is 5.75 Å². The highest BCUT2D eigenvalue weighted by Gasteiger charge is 2.08. The fourth-order valence-corrected chi connectivity index (χ4v) is 1.57. The highest BCUT2D eigenvalue weighted by molar-refractivity contribution is 5.70. The van der Waals surface area contributed by atoms with E-state index in [4.69, 9.17) is 4.74 Å². The summed E-state index contributed by atoms with van der Waals surface area (Å²) in [6, 6.07) is 7.73. The van der Waals surface area contributed by atoms with E-state index in [9.17, 15) is 4.79 Å². The number of hydrogen-bond acceptors (Lipinski definition) is 4. The molecule has 0 spiro atoms. The van der Waals surface area contributed by atoms with Crippen molar-refractivity contribution in [1.82, 2.24) is 0 Å². The number of carbonyl (C=O) groups excluding carboxylic acids is 1. The Morgan fingerprint density at radius 2 is 1.83 bits per heavy atom. The zero-order valence-electron chi connectivity index (χ0n) is 11.4. The lowest BCUT2D eigenvalue weighted by atomic mass is 10.2. The summed E-state index contributed by atoms with van der Waals surface area (Å²) in [7, 11) is 1.40. The second-order valence-electron chi connectivity index (χ2n) is 4.52. The number of ether oxygens (including phenoxy) is 2. The van der Waals surface area contributed by atoms with E-state index in [2.05, 4.69) is 10.1 Å². The number of carbonyl (C=O) groups is 1. The second kappa shape index (κ2) is 6.89. The van der Waals surface area contributed by atoms with Crippen LogP contribution in [0, 0.1) is 0 Å². The van der Waals surface area contributed by atoms with Crippen LogP contribution in [-0.2, 0) is 9.53 Å². The van der Waals surface area contributed by atoms with Crippen molar-refractivity contribution in [2.75, 3.05) is 12.4 Å². The van der Waals surface area contributed by atoms with Crippen LogP contribution in [-0.4, -0.2) is 25.2 Å². The quantitative estimate of drug-likeness (QED) is 0.790. The number of hydrogen-bond donors (Lipinski definition) is 1. The van der Waals surface area contributed by atoms with Crippen LogP contribution in [0.3, 0.4) is 0 Å². The van der Waals surface area contributed by atoms with Gasteiger partial charge in [-0.15, -0.1) is 0 Å². The molecule has 1 aromatic rings. The van der Waals surface area contributed by atoms with Gasteiger partial charge < -0.3 is 14.8 Å². The maximum absolute atomic E-state index is 11.1. The van der Waals surface area contributed by atoms with Gasteiger partial charge in [0.15, 0.2) is 0 Å². The molecule has 1 atom stereocenters. The summed E-state index contributed by atoms with van der Waals surface area (Å²) in [5.41, 5.74) is 0.961. The summed E-state index contributed by atoms with van der Waals surface area (Å²) in [6.45, 7) is 5.92. The van der Waals surface area contributed by atoms with Gasteiger partial charge >= 0.3 is 5.97 Å². The van der Waals surface area contributed by atoms with Crippen LogP contribution in [0.2, 0.25) is 0 Å². The SMILES string of the molecule is COC(=O)CC(C)Nc1ccc(OC(C)C)cc1. The molecule has 0 heterocycles. The van der Waals surface area contributed by atoms with Gasteiger partial charge in [-0.25, -0.2) is 0 Å². The van der Waals surface area contributed by atoms with Crippen LogP contribution in [0.25, 0.3) is 0 Å². The average molecular weight is 251 g/mol. The summed E-state index contributed by atoms with van der Waals surface area (Å²) in [5, 5.41) is 3.23. The van der Waals surface area contributed by atoms with Crippen molar-refractivity contribution in [1.29, 1.82) is 0 Å². The van der Waals surface area contributed by atoms with Crippen molar-refractivity contribution in [2.45, 2.75) is 39.3 Å². The minimum absolute atomic E-state index is 0.0364. The van der Waals surface area contributed by atoms with Gasteiger partial charge in [0.1, 0.15) is 5.75 Å². The van der Waals surface area contributed by atoms with Gasteiger partial charge in [-0.3, -0.25) is 4.79 Å². The molecule has 1 unspecified atom stereocenters. The molecule has 0 fully saturated rings. The van der Waals surface area contributed by atoms with E-state index in [1.807, 2.05) is 45.0 Å². The molecular formula is C14H21NO3. The van der Waals surface area contributed by atoms with Gasteiger partial charge in [-0.05, 0) is 45.0 Å². The lowest BCUT2D eigenvalue weighted by molar-refractivity contribution is -0.140. The van der Waals surface area contributed by atoms with E-state index in [0.29, 0.717) is 6.42 Å². The van der Waals surface area contributed by atoms with E-state index in [1.54, 1.807) is 0 Å². The van der Waals surface area contributed by atoms with Crippen LogP contribution < -0.4 is 10.1 Å². The molecule has 0 saturated heterocycles. The van der Waals surface area contributed by atoms with Crippen molar-refractivity contribution < 1.29 is 14.3 Å². The van der Waals surface area contributed by atoms with Crippen molar-refractivity contribution in [3.63, 3.8) is 0 Å². The van der Waals surface area contributed by atoms with Gasteiger partial charge in [0.2, 0.25) is 0 Å². The van der Waals surface area contributed by atoms with E-state index in [-0.39, 0.29) is 18.1 Å². The number of esters is 1. The minimum atomic E-state index is -0.213. The molecule has 4 heteroatoms. The Hall–Kier alpha value is -1.71. The molecular weight excluding hydrogens is 230 g/mol. The molecule has 0 amide bonds. The van der Waals surface area contributed by atoms with Crippen LogP contribution in [0.1, 0.15) is 27.2 Å². The predicted molar refractivity (Wildman–Crippen MR) is 71.9 cm³/mol. The Labute approximate surface area is 108 Å². The zero-order chi connectivity index (χ0) is 13.5. The summed E-state index contributed by atoms with van der Waals surface area (Å²) in [4.78, 5) is 11.1. The summed E-state index contributed by atoms with van der Waals surface area (Å²) in [6.07, 6.45) is 0.517. The number of nitrogens with one attached hydrogen (secondary N) is 1. The molecule has 0 bridgehead atoms. The van der Waals surface area contributed by atoms with Crippen LogP contribution in [0.15, 0.2) is 24.3 Å². The fourth-order valence-electron chi connectivity index (χ4n) is 1.57. The molecule has 0 radical (unpaired) electrons. The number of benzene rings is 1. The molecule has 0 aliphatic rings. The maximum atomic E-state index is 11.1. The lowest BCUT2D eigenvalue weighted by Crippen LogP contribution is -2.20. The predicted octanol–water partition coefficient (Wildman–Crippen LogP) is 2.84. The topological polar surface area (TPSA) is 47.6 Å². The Morgan fingerprint density at radius 3 is 2.33 bits per heavy atom. The Morgan fingerprint density at radius 1 is 1.22 bits per heavy atom. The first kappa shape index (κ1) is 14.4. The normalized spacial score (nSPS) is 12.1. The van der Waals surface area contributed by atoms with E-state index >= 15 is 0 Å². The van der Waals surface area contributed by atoms with Gasteiger partial charge in [-0.1, -0.05) is 0 Å².